The molecule has 2 heterocycles. The predicted molar refractivity (Wildman–Crippen MR) is 104 cm³/mol. The minimum atomic E-state index is 0.00327. The van der Waals surface area contributed by atoms with Crippen molar-refractivity contribution in [2.24, 2.45) is 5.92 Å². The molecule has 4 nitrogen and oxygen atoms in total. The van der Waals surface area contributed by atoms with Gasteiger partial charge in [0.15, 0.2) is 5.16 Å². The normalized spacial score (nSPS) is 16.8. The molecule has 0 saturated carbocycles. The summed E-state index contributed by atoms with van der Waals surface area (Å²) in [5, 5.41) is 1.50. The molecule has 1 aliphatic carbocycles. The highest BCUT2D eigenvalue weighted by molar-refractivity contribution is 7.99. The summed E-state index contributed by atoms with van der Waals surface area (Å²) in [7, 11) is 0. The fourth-order valence-electron chi connectivity index (χ4n) is 3.21. The molecule has 0 bridgehead atoms. The van der Waals surface area contributed by atoms with Crippen LogP contribution < -0.4 is 10.3 Å². The van der Waals surface area contributed by atoms with Gasteiger partial charge in [0.05, 0.1) is 12.0 Å². The van der Waals surface area contributed by atoms with E-state index in [1.54, 1.807) is 11.3 Å². The van der Waals surface area contributed by atoms with Crippen molar-refractivity contribution in [1.29, 1.82) is 0 Å². The smallest absolute Gasteiger partial charge is 0.260 e. The Morgan fingerprint density at radius 1 is 1.36 bits per heavy atom. The monoisotopic (exact) mass is 372 g/mol. The van der Waals surface area contributed by atoms with Crippen LogP contribution in [0.2, 0.25) is 0 Å². The van der Waals surface area contributed by atoms with Crippen LogP contribution in [0, 0.1) is 5.92 Å². The number of aryl methyl sites for hydroxylation is 1. The van der Waals surface area contributed by atoms with Gasteiger partial charge in [-0.05, 0) is 42.9 Å². The summed E-state index contributed by atoms with van der Waals surface area (Å²) < 4.78 is 5.69. The number of hydrogen-bond acceptors (Lipinski definition) is 5. The molecule has 1 aromatic carbocycles. The SMILES string of the molecule is C[C@@H]1CCc2c(sc3nc(SCCOc4ccccc4)[nH]c(=O)c23)C1. The third-order valence-corrected chi connectivity index (χ3v) is 6.46. The molecule has 0 spiro atoms. The van der Waals surface area contributed by atoms with Gasteiger partial charge in [0.1, 0.15) is 10.6 Å². The van der Waals surface area contributed by atoms with Gasteiger partial charge in [-0.1, -0.05) is 36.9 Å². The van der Waals surface area contributed by atoms with Crippen LogP contribution in [0.25, 0.3) is 10.2 Å². The molecule has 0 radical (unpaired) electrons. The minimum absolute atomic E-state index is 0.00327. The van der Waals surface area contributed by atoms with Crippen LogP contribution >= 0.6 is 23.1 Å². The zero-order valence-electron chi connectivity index (χ0n) is 14.1. The standard InChI is InChI=1S/C19H20N2O2S2/c1-12-7-8-14-15(11-12)25-18-16(14)17(22)20-19(21-18)24-10-9-23-13-5-3-2-4-6-13/h2-6,12H,7-11H2,1H3,(H,20,21,22)/t12-/m1/s1. The van der Waals surface area contributed by atoms with E-state index in [-0.39, 0.29) is 5.56 Å². The Bertz CT molecular complexity index is 934. The van der Waals surface area contributed by atoms with Crippen LogP contribution in [0.1, 0.15) is 23.8 Å². The topological polar surface area (TPSA) is 55.0 Å². The van der Waals surface area contributed by atoms with Crippen molar-refractivity contribution in [2.45, 2.75) is 31.3 Å². The first kappa shape index (κ1) is 16.7. The van der Waals surface area contributed by atoms with Gasteiger partial charge in [-0.25, -0.2) is 4.98 Å². The summed E-state index contributed by atoms with van der Waals surface area (Å²) in [6, 6.07) is 9.75. The highest BCUT2D eigenvalue weighted by Gasteiger charge is 2.22. The van der Waals surface area contributed by atoms with E-state index in [9.17, 15) is 4.79 Å². The molecule has 6 heteroatoms. The van der Waals surface area contributed by atoms with Crippen LogP contribution in [-0.2, 0) is 12.8 Å². The Hall–Kier alpha value is -1.79. The lowest BCUT2D eigenvalue weighted by molar-refractivity contribution is 0.344. The Morgan fingerprint density at radius 2 is 2.20 bits per heavy atom. The zero-order chi connectivity index (χ0) is 17.2. The number of nitrogens with zero attached hydrogens (tertiary/aromatic N) is 1. The first-order valence-electron chi connectivity index (χ1n) is 8.56. The largest absolute Gasteiger partial charge is 0.493 e. The molecule has 0 aliphatic heterocycles. The van der Waals surface area contributed by atoms with Crippen molar-refractivity contribution < 1.29 is 4.74 Å². The third kappa shape index (κ3) is 3.60. The van der Waals surface area contributed by atoms with Crippen LogP contribution in [0.5, 0.6) is 5.75 Å². The fraction of sp³-hybridized carbons (Fsp3) is 0.368. The van der Waals surface area contributed by atoms with Crippen LogP contribution in [0.15, 0.2) is 40.3 Å². The molecule has 130 valence electrons. The van der Waals surface area contributed by atoms with Crippen molar-refractivity contribution in [3.63, 3.8) is 0 Å². The van der Waals surface area contributed by atoms with E-state index in [1.165, 1.54) is 22.2 Å². The van der Waals surface area contributed by atoms with Crippen molar-refractivity contribution >= 4 is 33.3 Å². The van der Waals surface area contributed by atoms with E-state index in [0.717, 1.165) is 41.0 Å². The number of ether oxygens (including phenoxy) is 1. The van der Waals surface area contributed by atoms with Gasteiger partial charge < -0.3 is 9.72 Å². The molecule has 0 fully saturated rings. The van der Waals surface area contributed by atoms with Gasteiger partial charge >= 0.3 is 0 Å². The lowest BCUT2D eigenvalue weighted by Crippen LogP contribution is -2.13. The maximum Gasteiger partial charge on any atom is 0.260 e. The molecule has 25 heavy (non-hydrogen) atoms. The summed E-state index contributed by atoms with van der Waals surface area (Å²) in [6.07, 6.45) is 3.23. The van der Waals surface area contributed by atoms with E-state index >= 15 is 0 Å². The summed E-state index contributed by atoms with van der Waals surface area (Å²) in [4.78, 5) is 22.4. The molecule has 0 unspecified atom stereocenters. The average molecular weight is 373 g/mol. The van der Waals surface area contributed by atoms with Gasteiger partial charge in [-0.3, -0.25) is 4.79 Å². The predicted octanol–water partition coefficient (Wildman–Crippen LogP) is 4.28. The Kier molecular flexibility index (Phi) is 4.81. The Balaban J connectivity index is 1.47. The number of aromatic amines is 1. The number of H-pyrrole nitrogens is 1. The van der Waals surface area contributed by atoms with E-state index in [4.69, 9.17) is 4.74 Å². The number of rotatable bonds is 5. The van der Waals surface area contributed by atoms with Crippen LogP contribution in [0.3, 0.4) is 0 Å². The lowest BCUT2D eigenvalue weighted by Gasteiger charge is -2.17. The van der Waals surface area contributed by atoms with Crippen molar-refractivity contribution in [2.75, 3.05) is 12.4 Å². The molecule has 0 amide bonds. The Morgan fingerprint density at radius 3 is 3.04 bits per heavy atom. The highest BCUT2D eigenvalue weighted by Crippen LogP contribution is 2.36. The molecule has 2 aromatic heterocycles. The number of hydrogen-bond donors (Lipinski definition) is 1. The molecule has 0 saturated heterocycles. The zero-order valence-corrected chi connectivity index (χ0v) is 15.7. The molecule has 1 atom stereocenters. The number of aromatic nitrogens is 2. The summed E-state index contributed by atoms with van der Waals surface area (Å²) >= 11 is 3.22. The molecular weight excluding hydrogens is 352 g/mol. The van der Waals surface area contributed by atoms with Crippen molar-refractivity contribution in [3.8, 4) is 5.75 Å². The van der Waals surface area contributed by atoms with Crippen molar-refractivity contribution in [3.05, 3.63) is 51.1 Å². The van der Waals surface area contributed by atoms with Gasteiger partial charge in [0.25, 0.3) is 5.56 Å². The van der Waals surface area contributed by atoms with Crippen molar-refractivity contribution in [1.82, 2.24) is 9.97 Å². The van der Waals surface area contributed by atoms with Crippen LogP contribution in [-0.4, -0.2) is 22.3 Å². The summed E-state index contributed by atoms with van der Waals surface area (Å²) in [5.74, 6) is 2.30. The van der Waals surface area contributed by atoms with Gasteiger partial charge in [0, 0.05) is 10.6 Å². The fourth-order valence-corrected chi connectivity index (χ4v) is 5.33. The minimum Gasteiger partial charge on any atom is -0.493 e. The molecular formula is C19H20N2O2S2. The number of thiophene rings is 1. The number of nitrogens with one attached hydrogen (secondary N) is 1. The van der Waals surface area contributed by atoms with Gasteiger partial charge in [-0.15, -0.1) is 11.3 Å². The highest BCUT2D eigenvalue weighted by atomic mass is 32.2. The molecule has 3 aromatic rings. The van der Waals surface area contributed by atoms with E-state index in [2.05, 4.69) is 16.9 Å². The van der Waals surface area contributed by atoms with Gasteiger partial charge in [0.2, 0.25) is 0 Å². The van der Waals surface area contributed by atoms with Crippen LogP contribution in [0.4, 0.5) is 0 Å². The summed E-state index contributed by atoms with van der Waals surface area (Å²) in [5.41, 5.74) is 1.24. The van der Waals surface area contributed by atoms with E-state index in [1.807, 2.05) is 30.3 Å². The summed E-state index contributed by atoms with van der Waals surface area (Å²) in [6.45, 7) is 2.86. The Labute approximate surface area is 154 Å². The third-order valence-electron chi connectivity index (χ3n) is 4.48. The first-order valence-corrected chi connectivity index (χ1v) is 10.4. The number of thioether (sulfide) groups is 1. The molecule has 1 aliphatic rings. The second-order valence-corrected chi connectivity index (χ2v) is 8.58. The first-order chi connectivity index (χ1) is 12.2. The average Bonchev–Trinajstić information content (AvgIpc) is 2.97. The number of para-hydroxylation sites is 1. The maximum atomic E-state index is 12.5. The molecule has 4 rings (SSSR count). The van der Waals surface area contributed by atoms with Gasteiger partial charge in [-0.2, -0.15) is 0 Å². The molecule has 1 N–H and O–H groups in total. The quantitative estimate of drug-likeness (QED) is 0.413. The maximum absolute atomic E-state index is 12.5. The number of benzene rings is 1. The lowest BCUT2D eigenvalue weighted by atomic mass is 9.89. The van der Waals surface area contributed by atoms with E-state index < -0.39 is 0 Å². The second-order valence-electron chi connectivity index (χ2n) is 6.41. The second kappa shape index (κ2) is 7.22. The number of fused-ring (bicyclic) bond motifs is 3. The van der Waals surface area contributed by atoms with E-state index in [0.29, 0.717) is 17.7 Å².